The standard InChI is InChI=1S/C15H24N4O2/c1-15(2,3)21-14(20)19-9-6-12(7-10-19)16-11-13-5-4-8-17-18-13/h4-5,8,12,16H,6-7,9-11H2,1-3H3. The highest BCUT2D eigenvalue weighted by atomic mass is 16.6. The number of ether oxygens (including phenoxy) is 1. The van der Waals surface area contributed by atoms with Crippen LogP contribution in [0.1, 0.15) is 39.3 Å². The van der Waals surface area contributed by atoms with Gasteiger partial charge in [0.1, 0.15) is 5.60 Å². The van der Waals surface area contributed by atoms with Crippen molar-refractivity contribution in [2.24, 2.45) is 0 Å². The van der Waals surface area contributed by atoms with Gasteiger partial charge in [-0.3, -0.25) is 0 Å². The largest absolute Gasteiger partial charge is 0.444 e. The molecule has 1 amide bonds. The van der Waals surface area contributed by atoms with Crippen LogP contribution in [0.15, 0.2) is 18.3 Å². The lowest BCUT2D eigenvalue weighted by Crippen LogP contribution is -2.46. The van der Waals surface area contributed by atoms with Gasteiger partial charge < -0.3 is 15.0 Å². The van der Waals surface area contributed by atoms with Gasteiger partial charge in [0.05, 0.1) is 5.69 Å². The van der Waals surface area contributed by atoms with Gasteiger partial charge in [-0.15, -0.1) is 0 Å². The highest BCUT2D eigenvalue weighted by Crippen LogP contribution is 2.15. The first-order valence-corrected chi connectivity index (χ1v) is 7.42. The zero-order valence-corrected chi connectivity index (χ0v) is 13.0. The third-order valence-electron chi connectivity index (χ3n) is 3.35. The Labute approximate surface area is 125 Å². The summed E-state index contributed by atoms with van der Waals surface area (Å²) in [7, 11) is 0. The van der Waals surface area contributed by atoms with Crippen LogP contribution in [-0.2, 0) is 11.3 Å². The van der Waals surface area contributed by atoms with Gasteiger partial charge >= 0.3 is 6.09 Å². The predicted octanol–water partition coefficient (Wildman–Crippen LogP) is 1.97. The van der Waals surface area contributed by atoms with Crippen molar-refractivity contribution < 1.29 is 9.53 Å². The summed E-state index contributed by atoms with van der Waals surface area (Å²) in [6.45, 7) is 7.84. The van der Waals surface area contributed by atoms with E-state index in [0.29, 0.717) is 12.6 Å². The van der Waals surface area contributed by atoms with Crippen molar-refractivity contribution in [3.8, 4) is 0 Å². The Hall–Kier alpha value is -1.69. The number of nitrogens with zero attached hydrogens (tertiary/aromatic N) is 3. The van der Waals surface area contributed by atoms with Gasteiger partial charge in [-0.05, 0) is 45.7 Å². The molecule has 1 N–H and O–H groups in total. The summed E-state index contributed by atoms with van der Waals surface area (Å²) in [6.07, 6.45) is 3.32. The first-order chi connectivity index (χ1) is 9.94. The molecule has 1 aliphatic heterocycles. The Balaban J connectivity index is 1.72. The number of nitrogens with one attached hydrogen (secondary N) is 1. The van der Waals surface area contributed by atoms with Gasteiger partial charge in [0.15, 0.2) is 0 Å². The second-order valence-electron chi connectivity index (χ2n) is 6.34. The maximum absolute atomic E-state index is 12.0. The van der Waals surface area contributed by atoms with Gasteiger partial charge in [0.25, 0.3) is 0 Å². The van der Waals surface area contributed by atoms with Crippen molar-refractivity contribution in [2.45, 2.75) is 51.8 Å². The van der Waals surface area contributed by atoms with Crippen molar-refractivity contribution in [3.05, 3.63) is 24.0 Å². The normalized spacial score (nSPS) is 16.8. The summed E-state index contributed by atoms with van der Waals surface area (Å²) >= 11 is 0. The minimum absolute atomic E-state index is 0.213. The van der Waals surface area contributed by atoms with Crippen molar-refractivity contribution in [2.75, 3.05) is 13.1 Å². The number of carbonyl (C=O) groups is 1. The van der Waals surface area contributed by atoms with Crippen molar-refractivity contribution >= 4 is 6.09 Å². The lowest BCUT2D eigenvalue weighted by atomic mass is 10.1. The molecule has 1 aromatic rings. The molecule has 0 spiro atoms. The fourth-order valence-corrected chi connectivity index (χ4v) is 2.27. The molecule has 6 heteroatoms. The van der Waals surface area contributed by atoms with E-state index in [1.165, 1.54) is 0 Å². The Bertz CT molecular complexity index is 450. The number of piperidine rings is 1. The molecule has 6 nitrogen and oxygen atoms in total. The van der Waals surface area contributed by atoms with Gasteiger partial charge in [-0.1, -0.05) is 0 Å². The Kier molecular flexibility index (Phi) is 5.12. The van der Waals surface area contributed by atoms with Gasteiger partial charge in [-0.2, -0.15) is 10.2 Å². The maximum atomic E-state index is 12.0. The van der Waals surface area contributed by atoms with E-state index in [1.807, 2.05) is 32.9 Å². The van der Waals surface area contributed by atoms with Crippen LogP contribution in [0.3, 0.4) is 0 Å². The van der Waals surface area contributed by atoms with Crippen LogP contribution in [0.25, 0.3) is 0 Å². The summed E-state index contributed by atoms with van der Waals surface area (Å²) in [5.74, 6) is 0. The number of likely N-dealkylation sites (tertiary alicyclic amines) is 1. The summed E-state index contributed by atoms with van der Waals surface area (Å²) in [4.78, 5) is 13.7. The molecule has 2 heterocycles. The lowest BCUT2D eigenvalue weighted by Gasteiger charge is -2.33. The van der Waals surface area contributed by atoms with E-state index in [-0.39, 0.29) is 6.09 Å². The first kappa shape index (κ1) is 15.7. The maximum Gasteiger partial charge on any atom is 0.410 e. The number of hydrogen-bond donors (Lipinski definition) is 1. The molecule has 1 fully saturated rings. The average Bonchev–Trinajstić information content (AvgIpc) is 2.45. The highest BCUT2D eigenvalue weighted by Gasteiger charge is 2.26. The van der Waals surface area contributed by atoms with Crippen LogP contribution in [0, 0.1) is 0 Å². The molecule has 0 bridgehead atoms. The Morgan fingerprint density at radius 2 is 2.14 bits per heavy atom. The van der Waals surface area contributed by atoms with Gasteiger partial charge in [-0.25, -0.2) is 4.79 Å². The van der Waals surface area contributed by atoms with Crippen LogP contribution < -0.4 is 5.32 Å². The van der Waals surface area contributed by atoms with Crippen molar-refractivity contribution in [1.29, 1.82) is 0 Å². The highest BCUT2D eigenvalue weighted by molar-refractivity contribution is 5.68. The van der Waals surface area contributed by atoms with Gasteiger partial charge in [0, 0.05) is 31.9 Å². The summed E-state index contributed by atoms with van der Waals surface area (Å²) in [6, 6.07) is 4.25. The molecule has 21 heavy (non-hydrogen) atoms. The molecular formula is C15H24N4O2. The van der Waals surface area contributed by atoms with E-state index in [1.54, 1.807) is 11.1 Å². The zero-order valence-electron chi connectivity index (χ0n) is 13.0. The first-order valence-electron chi connectivity index (χ1n) is 7.42. The molecule has 0 aliphatic carbocycles. The fraction of sp³-hybridized carbons (Fsp3) is 0.667. The third kappa shape index (κ3) is 5.30. The number of aromatic nitrogens is 2. The monoisotopic (exact) mass is 292 g/mol. The Morgan fingerprint density at radius 3 is 2.71 bits per heavy atom. The minimum Gasteiger partial charge on any atom is -0.444 e. The van der Waals surface area contributed by atoms with E-state index in [0.717, 1.165) is 31.6 Å². The number of rotatable bonds is 3. The summed E-state index contributed by atoms with van der Waals surface area (Å²) < 4.78 is 5.39. The molecule has 2 rings (SSSR count). The molecule has 116 valence electrons. The third-order valence-corrected chi connectivity index (χ3v) is 3.35. The molecule has 0 unspecified atom stereocenters. The van der Waals surface area contributed by atoms with Crippen LogP contribution in [0.5, 0.6) is 0 Å². The average molecular weight is 292 g/mol. The quantitative estimate of drug-likeness (QED) is 0.922. The SMILES string of the molecule is CC(C)(C)OC(=O)N1CCC(NCc2cccnn2)CC1. The van der Waals surface area contributed by atoms with E-state index in [2.05, 4.69) is 15.5 Å². The molecule has 0 atom stereocenters. The summed E-state index contributed by atoms with van der Waals surface area (Å²) in [5, 5.41) is 11.4. The van der Waals surface area contributed by atoms with Crippen LogP contribution in [0.2, 0.25) is 0 Å². The van der Waals surface area contributed by atoms with Crippen LogP contribution in [-0.4, -0.2) is 45.9 Å². The fourth-order valence-electron chi connectivity index (χ4n) is 2.27. The Morgan fingerprint density at radius 1 is 1.43 bits per heavy atom. The van der Waals surface area contributed by atoms with E-state index < -0.39 is 5.60 Å². The molecule has 1 aromatic heterocycles. The van der Waals surface area contributed by atoms with Crippen LogP contribution in [0.4, 0.5) is 4.79 Å². The second kappa shape index (κ2) is 6.85. The topological polar surface area (TPSA) is 67.3 Å². The predicted molar refractivity (Wildman–Crippen MR) is 79.7 cm³/mol. The van der Waals surface area contributed by atoms with E-state index in [4.69, 9.17) is 4.74 Å². The molecule has 1 saturated heterocycles. The molecule has 1 aliphatic rings. The van der Waals surface area contributed by atoms with Crippen LogP contribution >= 0.6 is 0 Å². The molecule has 0 radical (unpaired) electrons. The second-order valence-corrected chi connectivity index (χ2v) is 6.34. The number of carbonyl (C=O) groups excluding carboxylic acids is 1. The molecular weight excluding hydrogens is 268 g/mol. The zero-order chi connectivity index (χ0) is 15.3. The number of amides is 1. The molecule has 0 aromatic carbocycles. The van der Waals surface area contributed by atoms with Gasteiger partial charge in [0.2, 0.25) is 0 Å². The number of hydrogen-bond acceptors (Lipinski definition) is 5. The smallest absolute Gasteiger partial charge is 0.410 e. The van der Waals surface area contributed by atoms with Crippen molar-refractivity contribution in [3.63, 3.8) is 0 Å². The van der Waals surface area contributed by atoms with E-state index in [9.17, 15) is 4.79 Å². The minimum atomic E-state index is -0.432. The molecule has 0 saturated carbocycles. The van der Waals surface area contributed by atoms with E-state index >= 15 is 0 Å². The summed E-state index contributed by atoms with van der Waals surface area (Å²) in [5.41, 5.74) is 0.505. The van der Waals surface area contributed by atoms with Crippen molar-refractivity contribution in [1.82, 2.24) is 20.4 Å². The lowest BCUT2D eigenvalue weighted by molar-refractivity contribution is 0.0198.